The Morgan fingerprint density at radius 1 is 0.842 bits per heavy atom. The van der Waals surface area contributed by atoms with Gasteiger partial charge in [0.15, 0.2) is 5.78 Å². The van der Waals surface area contributed by atoms with Crippen molar-refractivity contribution in [1.29, 1.82) is 0 Å². The minimum atomic E-state index is -0.991. The second-order valence-corrected chi connectivity index (χ2v) is 8.75. The zero-order chi connectivity index (χ0) is 27.6. The molecule has 0 aliphatic carbocycles. The number of fused-ring (bicyclic) bond motifs is 1. The smallest absolute Gasteiger partial charge is 0.333 e. The Morgan fingerprint density at radius 2 is 1.37 bits per heavy atom. The number of para-hydroxylation sites is 2. The van der Waals surface area contributed by atoms with Gasteiger partial charge in [0, 0.05) is 6.54 Å². The summed E-state index contributed by atoms with van der Waals surface area (Å²) in [4.78, 5) is 66.5. The number of nitrogens with zero attached hydrogens (tertiary/aromatic N) is 3. The van der Waals surface area contributed by atoms with Crippen LogP contribution in [0.4, 0.5) is 26.0 Å². The molecule has 0 spiro atoms. The van der Waals surface area contributed by atoms with Crippen LogP contribution in [0.15, 0.2) is 58.1 Å². The van der Waals surface area contributed by atoms with E-state index in [2.05, 4.69) is 10.6 Å². The van der Waals surface area contributed by atoms with E-state index < -0.39 is 59.6 Å². The van der Waals surface area contributed by atoms with Crippen LogP contribution in [0, 0.1) is 11.6 Å². The minimum absolute atomic E-state index is 0.0335. The molecule has 1 atom stereocenters. The van der Waals surface area contributed by atoms with Gasteiger partial charge in [0.2, 0.25) is 11.8 Å². The minimum Gasteiger partial charge on any atom is -0.338 e. The van der Waals surface area contributed by atoms with Crippen LogP contribution in [-0.4, -0.2) is 39.3 Å². The van der Waals surface area contributed by atoms with Gasteiger partial charge in [-0.25, -0.2) is 18.1 Å². The molecule has 2 N–H and O–H groups in total. The van der Waals surface area contributed by atoms with E-state index in [-0.39, 0.29) is 29.3 Å². The molecule has 0 bridgehead atoms. The number of rotatable bonds is 8. The van der Waals surface area contributed by atoms with Crippen LogP contribution in [-0.2, 0) is 22.7 Å². The summed E-state index contributed by atoms with van der Waals surface area (Å²) >= 11 is 0. The monoisotopic (exact) mass is 525 g/mol. The molecule has 0 radical (unpaired) electrons. The van der Waals surface area contributed by atoms with Crippen molar-refractivity contribution in [3.63, 3.8) is 0 Å². The molecule has 0 fully saturated rings. The van der Waals surface area contributed by atoms with Gasteiger partial charge in [0.1, 0.15) is 29.6 Å². The molecule has 0 unspecified atom stereocenters. The van der Waals surface area contributed by atoms with Crippen LogP contribution in [0.1, 0.15) is 30.6 Å². The molecule has 2 amide bonds. The van der Waals surface area contributed by atoms with Crippen molar-refractivity contribution in [3.05, 3.63) is 86.6 Å². The van der Waals surface area contributed by atoms with E-state index in [0.717, 1.165) is 6.07 Å². The predicted molar refractivity (Wildman–Crippen MR) is 136 cm³/mol. The van der Waals surface area contributed by atoms with Gasteiger partial charge >= 0.3 is 5.69 Å². The van der Waals surface area contributed by atoms with Crippen LogP contribution in [0.25, 0.3) is 0 Å². The third-order valence-corrected chi connectivity index (χ3v) is 6.12. The molecular weight excluding hydrogens is 500 g/mol. The Labute approximate surface area is 215 Å². The molecule has 10 nitrogen and oxygen atoms in total. The van der Waals surface area contributed by atoms with Crippen molar-refractivity contribution in [2.45, 2.75) is 39.4 Å². The Kier molecular flexibility index (Phi) is 7.51. The van der Waals surface area contributed by atoms with Gasteiger partial charge < -0.3 is 15.5 Å². The molecule has 38 heavy (non-hydrogen) atoms. The van der Waals surface area contributed by atoms with Gasteiger partial charge in [-0.3, -0.25) is 23.7 Å². The number of ketones is 1. The van der Waals surface area contributed by atoms with Gasteiger partial charge in [-0.1, -0.05) is 31.2 Å². The van der Waals surface area contributed by atoms with E-state index in [1.807, 2.05) is 0 Å². The third-order valence-electron chi connectivity index (χ3n) is 6.12. The van der Waals surface area contributed by atoms with Crippen LogP contribution in [0.5, 0.6) is 0 Å². The van der Waals surface area contributed by atoms with E-state index in [9.17, 15) is 32.8 Å². The van der Waals surface area contributed by atoms with Gasteiger partial charge in [-0.15, -0.1) is 0 Å². The number of hydrogen-bond donors (Lipinski definition) is 2. The molecule has 12 heteroatoms. The lowest BCUT2D eigenvalue weighted by atomic mass is 10.1. The number of benzene rings is 2. The Balaban J connectivity index is 1.69. The SMILES string of the molecule is CCCn1c2c(c(=O)n(CC(=O)Nc3ccccc3F)c1=O)C(=O)[C@@H](C)N2CC(=O)Nc1ccccc1F. The number of Topliss-reactive ketones (excluding diaryl/α,β-unsaturated/α-hetero) is 1. The fourth-order valence-electron chi connectivity index (χ4n) is 4.32. The van der Waals surface area contributed by atoms with Crippen LogP contribution in [0.2, 0.25) is 0 Å². The lowest BCUT2D eigenvalue weighted by Crippen LogP contribution is -2.46. The number of carbonyl (C=O) groups is 3. The number of nitrogens with one attached hydrogen (secondary N) is 2. The molecule has 2 aromatic carbocycles. The van der Waals surface area contributed by atoms with E-state index >= 15 is 0 Å². The van der Waals surface area contributed by atoms with Crippen LogP contribution >= 0.6 is 0 Å². The molecule has 1 aliphatic heterocycles. The molecule has 0 saturated carbocycles. The highest BCUT2D eigenvalue weighted by molar-refractivity contribution is 6.11. The maximum absolute atomic E-state index is 14.0. The summed E-state index contributed by atoms with van der Waals surface area (Å²) in [6.45, 7) is 2.15. The van der Waals surface area contributed by atoms with E-state index in [0.29, 0.717) is 11.0 Å². The Bertz CT molecular complexity index is 1550. The molecule has 4 rings (SSSR count). The average molecular weight is 526 g/mol. The van der Waals surface area contributed by atoms with Crippen molar-refractivity contribution in [2.75, 3.05) is 22.1 Å². The first-order chi connectivity index (χ1) is 18.1. The predicted octanol–water partition coefficient (Wildman–Crippen LogP) is 2.37. The topological polar surface area (TPSA) is 123 Å². The molecule has 2 heterocycles. The number of amides is 2. The number of anilines is 3. The lowest BCUT2D eigenvalue weighted by Gasteiger charge is -2.25. The molecule has 1 aliphatic rings. The molecule has 1 aromatic heterocycles. The molecule has 0 saturated heterocycles. The maximum atomic E-state index is 14.0. The van der Waals surface area contributed by atoms with Crippen molar-refractivity contribution in [3.8, 4) is 0 Å². The first-order valence-corrected chi connectivity index (χ1v) is 11.9. The van der Waals surface area contributed by atoms with Gasteiger partial charge in [0.05, 0.1) is 24.0 Å². The Morgan fingerprint density at radius 3 is 1.89 bits per heavy atom. The summed E-state index contributed by atoms with van der Waals surface area (Å²) in [5.41, 5.74) is -2.37. The number of carbonyl (C=O) groups excluding carboxylic acids is 3. The first kappa shape index (κ1) is 26.5. The number of aromatic nitrogens is 2. The van der Waals surface area contributed by atoms with Crippen molar-refractivity contribution < 1.29 is 23.2 Å². The second-order valence-electron chi connectivity index (χ2n) is 8.75. The van der Waals surface area contributed by atoms with E-state index in [1.165, 1.54) is 52.8 Å². The van der Waals surface area contributed by atoms with E-state index in [4.69, 9.17) is 0 Å². The highest BCUT2D eigenvalue weighted by atomic mass is 19.1. The summed E-state index contributed by atoms with van der Waals surface area (Å²) < 4.78 is 29.7. The van der Waals surface area contributed by atoms with Gasteiger partial charge in [0.25, 0.3) is 5.56 Å². The van der Waals surface area contributed by atoms with Gasteiger partial charge in [-0.2, -0.15) is 0 Å². The maximum Gasteiger partial charge on any atom is 0.333 e. The molecule has 198 valence electrons. The Hall–Kier alpha value is -4.61. The van der Waals surface area contributed by atoms with Crippen molar-refractivity contribution in [2.24, 2.45) is 0 Å². The zero-order valence-electron chi connectivity index (χ0n) is 20.7. The summed E-state index contributed by atoms with van der Waals surface area (Å²) in [5, 5.41) is 4.74. The largest absolute Gasteiger partial charge is 0.338 e. The fourth-order valence-corrected chi connectivity index (χ4v) is 4.32. The lowest BCUT2D eigenvalue weighted by molar-refractivity contribution is -0.117. The van der Waals surface area contributed by atoms with Crippen LogP contribution < -0.4 is 26.8 Å². The highest BCUT2D eigenvalue weighted by Gasteiger charge is 2.41. The summed E-state index contributed by atoms with van der Waals surface area (Å²) in [5.74, 6) is -3.50. The average Bonchev–Trinajstić information content (AvgIpc) is 3.12. The number of halogens is 2. The summed E-state index contributed by atoms with van der Waals surface area (Å²) in [7, 11) is 0. The summed E-state index contributed by atoms with van der Waals surface area (Å²) in [6.07, 6.45) is 0.434. The standard InChI is InChI=1S/C26H25F2N5O5/c1-3-12-31-24-22(23(36)15(2)32(24)13-20(34)29-18-10-6-4-8-16(18)27)25(37)33(26(31)38)14-21(35)30-19-11-7-5-9-17(19)28/h4-11,15H,3,12-14H2,1-2H3,(H,29,34)(H,30,35)/t15-/m1/s1. The normalized spacial score (nSPS) is 14.4. The van der Waals surface area contributed by atoms with E-state index in [1.54, 1.807) is 13.0 Å². The summed E-state index contributed by atoms with van der Waals surface area (Å²) in [6, 6.07) is 9.99. The van der Waals surface area contributed by atoms with Crippen molar-refractivity contribution in [1.82, 2.24) is 9.13 Å². The highest BCUT2D eigenvalue weighted by Crippen LogP contribution is 2.29. The quantitative estimate of drug-likeness (QED) is 0.466. The second kappa shape index (κ2) is 10.8. The fraction of sp³-hybridized carbons (Fsp3) is 0.269. The van der Waals surface area contributed by atoms with Gasteiger partial charge in [-0.05, 0) is 37.6 Å². The van der Waals surface area contributed by atoms with Crippen LogP contribution in [0.3, 0.4) is 0 Å². The third kappa shape index (κ3) is 4.97. The molecular formula is C26H25F2N5O5. The first-order valence-electron chi connectivity index (χ1n) is 11.9. The molecule has 3 aromatic rings. The zero-order valence-corrected chi connectivity index (χ0v) is 20.7. The number of hydrogen-bond acceptors (Lipinski definition) is 6. The van der Waals surface area contributed by atoms with Crippen molar-refractivity contribution >= 4 is 34.8 Å².